The molecule has 0 aromatic heterocycles. The fourth-order valence-corrected chi connectivity index (χ4v) is 4.46. The van der Waals surface area contributed by atoms with Crippen molar-refractivity contribution in [3.05, 3.63) is 35.4 Å². The van der Waals surface area contributed by atoms with Crippen LogP contribution in [0.5, 0.6) is 0 Å². The van der Waals surface area contributed by atoms with Gasteiger partial charge in [-0.05, 0) is 24.0 Å². The number of halogens is 4. The molecule has 11 heteroatoms. The number of hydrogen-bond donors (Lipinski definition) is 3. The summed E-state index contributed by atoms with van der Waals surface area (Å²) in [6.45, 7) is -0.801. The third-order valence-corrected chi connectivity index (χ3v) is 6.14. The monoisotopic (exact) mass is 452 g/mol. The van der Waals surface area contributed by atoms with Gasteiger partial charge in [0.1, 0.15) is 29.8 Å². The van der Waals surface area contributed by atoms with Gasteiger partial charge in [-0.1, -0.05) is 36.0 Å². The second-order valence-electron chi connectivity index (χ2n) is 7.13. The van der Waals surface area contributed by atoms with E-state index in [1.165, 1.54) is 0 Å². The standard InChI is InChI=1S/C19H24F4N2O4S/c1-24-18-25-12-13(26)14(27)15(29-17(12)30-18)16(19(21,22)23)28-9-11-6-4-10(5-7-11)3-2-8-20/h4-7,12-17,26-27H,2-3,8-9H2,1H3,(H,24,25)/t12-,13-,14+,15?,16-,17-/m1/s1. The third-order valence-electron chi connectivity index (χ3n) is 4.99. The van der Waals surface area contributed by atoms with E-state index >= 15 is 0 Å². The summed E-state index contributed by atoms with van der Waals surface area (Å²) in [5.41, 5.74) is 0.509. The van der Waals surface area contributed by atoms with Crippen LogP contribution in [0.3, 0.4) is 0 Å². The largest absolute Gasteiger partial charge is 0.417 e. The summed E-state index contributed by atoms with van der Waals surface area (Å²) < 4.78 is 64.0. The Kier molecular flexibility index (Phi) is 7.61. The molecule has 0 radical (unpaired) electrons. The van der Waals surface area contributed by atoms with Crippen LogP contribution in [-0.2, 0) is 22.5 Å². The molecule has 0 amide bonds. The number of ether oxygens (including phenoxy) is 2. The van der Waals surface area contributed by atoms with Crippen molar-refractivity contribution >= 4 is 16.9 Å². The van der Waals surface area contributed by atoms with Crippen molar-refractivity contribution in [3.8, 4) is 0 Å². The summed E-state index contributed by atoms with van der Waals surface area (Å²) >= 11 is 1.05. The van der Waals surface area contributed by atoms with Crippen molar-refractivity contribution < 1.29 is 37.2 Å². The molecular weight excluding hydrogens is 428 g/mol. The van der Waals surface area contributed by atoms with Crippen LogP contribution in [0.15, 0.2) is 29.3 Å². The highest BCUT2D eigenvalue weighted by Crippen LogP contribution is 2.40. The highest BCUT2D eigenvalue weighted by atomic mass is 32.2. The second kappa shape index (κ2) is 9.82. The van der Waals surface area contributed by atoms with E-state index in [1.54, 1.807) is 31.3 Å². The summed E-state index contributed by atoms with van der Waals surface area (Å²) in [5.74, 6) is 0. The smallest absolute Gasteiger partial charge is 0.388 e. The van der Waals surface area contributed by atoms with Gasteiger partial charge in [-0.3, -0.25) is 9.38 Å². The molecule has 1 aromatic rings. The van der Waals surface area contributed by atoms with Crippen molar-refractivity contribution in [3.63, 3.8) is 0 Å². The minimum absolute atomic E-state index is 0.365. The van der Waals surface area contributed by atoms with Gasteiger partial charge in [-0.2, -0.15) is 13.2 Å². The van der Waals surface area contributed by atoms with Crippen LogP contribution in [0.25, 0.3) is 0 Å². The number of nitrogens with zero attached hydrogens (tertiary/aromatic N) is 1. The lowest BCUT2D eigenvalue weighted by Crippen LogP contribution is -2.61. The maximum absolute atomic E-state index is 13.7. The van der Waals surface area contributed by atoms with Crippen molar-refractivity contribution in [1.82, 2.24) is 5.32 Å². The highest BCUT2D eigenvalue weighted by Gasteiger charge is 2.57. The Morgan fingerprint density at radius 1 is 1.20 bits per heavy atom. The van der Waals surface area contributed by atoms with E-state index in [0.717, 1.165) is 17.3 Å². The van der Waals surface area contributed by atoms with Crippen LogP contribution in [0.1, 0.15) is 17.5 Å². The molecular formula is C19H24F4N2O4S. The highest BCUT2D eigenvalue weighted by molar-refractivity contribution is 8.14. The number of nitrogens with one attached hydrogen (secondary N) is 1. The van der Waals surface area contributed by atoms with Gasteiger partial charge in [0.05, 0.1) is 13.3 Å². The van der Waals surface area contributed by atoms with E-state index in [-0.39, 0.29) is 6.61 Å². The molecule has 1 unspecified atom stereocenters. The Balaban J connectivity index is 1.69. The molecule has 168 valence electrons. The van der Waals surface area contributed by atoms with E-state index in [0.29, 0.717) is 23.6 Å². The molecule has 0 saturated carbocycles. The molecule has 1 saturated heterocycles. The third kappa shape index (κ3) is 5.25. The first-order valence-electron chi connectivity index (χ1n) is 9.50. The van der Waals surface area contributed by atoms with Gasteiger partial charge >= 0.3 is 6.18 Å². The van der Waals surface area contributed by atoms with E-state index in [2.05, 4.69) is 10.3 Å². The molecule has 0 aliphatic carbocycles. The summed E-state index contributed by atoms with van der Waals surface area (Å²) in [5, 5.41) is 23.8. The van der Waals surface area contributed by atoms with E-state index in [4.69, 9.17) is 9.47 Å². The zero-order valence-corrected chi connectivity index (χ0v) is 17.0. The van der Waals surface area contributed by atoms with Gasteiger partial charge in [-0.15, -0.1) is 0 Å². The number of benzene rings is 1. The first kappa shape index (κ1) is 23.3. The average Bonchev–Trinajstić information content (AvgIpc) is 3.13. The Morgan fingerprint density at radius 3 is 2.47 bits per heavy atom. The zero-order chi connectivity index (χ0) is 21.9. The number of rotatable bonds is 7. The van der Waals surface area contributed by atoms with Crippen LogP contribution >= 0.6 is 11.8 Å². The minimum Gasteiger partial charge on any atom is -0.388 e. The van der Waals surface area contributed by atoms with Gasteiger partial charge in [0.15, 0.2) is 11.3 Å². The van der Waals surface area contributed by atoms with Crippen LogP contribution in [0, 0.1) is 0 Å². The van der Waals surface area contributed by atoms with Crippen molar-refractivity contribution in [2.45, 2.75) is 61.5 Å². The fraction of sp³-hybridized carbons (Fsp3) is 0.632. The number of aryl methyl sites for hydroxylation is 1. The van der Waals surface area contributed by atoms with E-state index < -0.39 is 48.7 Å². The lowest BCUT2D eigenvalue weighted by molar-refractivity contribution is -0.286. The average molecular weight is 452 g/mol. The predicted octanol–water partition coefficient (Wildman–Crippen LogP) is 2.17. The summed E-state index contributed by atoms with van der Waals surface area (Å²) in [6.07, 6.45) is -11.5. The van der Waals surface area contributed by atoms with Gasteiger partial charge in [0.2, 0.25) is 0 Å². The van der Waals surface area contributed by atoms with Crippen molar-refractivity contribution in [1.29, 1.82) is 0 Å². The van der Waals surface area contributed by atoms with Gasteiger partial charge in [0, 0.05) is 7.05 Å². The van der Waals surface area contributed by atoms with Crippen LogP contribution < -0.4 is 5.32 Å². The number of aliphatic hydroxyl groups excluding tert-OH is 2. The van der Waals surface area contributed by atoms with Gasteiger partial charge in [-0.25, -0.2) is 0 Å². The molecule has 30 heavy (non-hydrogen) atoms. The molecule has 1 fully saturated rings. The number of fused-ring (bicyclic) bond motifs is 1. The molecule has 6 nitrogen and oxygen atoms in total. The number of hydrogen-bond acceptors (Lipinski definition) is 7. The van der Waals surface area contributed by atoms with E-state index in [1.807, 2.05) is 0 Å². The molecule has 0 bridgehead atoms. The van der Waals surface area contributed by atoms with E-state index in [9.17, 15) is 27.8 Å². The Bertz CT molecular complexity index is 734. The molecule has 6 atom stereocenters. The van der Waals surface area contributed by atoms with Crippen molar-refractivity contribution in [2.24, 2.45) is 4.99 Å². The van der Waals surface area contributed by atoms with Crippen molar-refractivity contribution in [2.75, 3.05) is 13.7 Å². The first-order chi connectivity index (χ1) is 14.2. The van der Waals surface area contributed by atoms with Crippen LogP contribution in [0.4, 0.5) is 17.6 Å². The predicted molar refractivity (Wildman–Crippen MR) is 104 cm³/mol. The summed E-state index contributed by atoms with van der Waals surface area (Å²) in [4.78, 5) is 4.13. The maximum Gasteiger partial charge on any atom is 0.417 e. The Labute approximate surface area is 175 Å². The number of aliphatic imine (C=N–C) groups is 1. The molecule has 2 heterocycles. The van der Waals surface area contributed by atoms with Crippen LogP contribution in [-0.4, -0.2) is 71.2 Å². The quantitative estimate of drug-likeness (QED) is 0.550. The molecule has 3 N–H and O–H groups in total. The molecule has 3 rings (SSSR count). The lowest BCUT2D eigenvalue weighted by Gasteiger charge is -2.41. The first-order valence-corrected chi connectivity index (χ1v) is 10.4. The minimum atomic E-state index is -4.82. The molecule has 0 spiro atoms. The number of thioether (sulfide) groups is 1. The maximum atomic E-state index is 13.7. The lowest BCUT2D eigenvalue weighted by atomic mass is 9.94. The summed E-state index contributed by atoms with van der Waals surface area (Å²) in [6, 6.07) is 5.79. The molecule has 1 aromatic carbocycles. The molecule has 2 aliphatic rings. The number of aliphatic hydroxyl groups is 2. The number of alkyl halides is 4. The normalized spacial score (nSPS) is 30.0. The Hall–Kier alpha value is -1.40. The topological polar surface area (TPSA) is 83.3 Å². The SMILES string of the molecule is CNC1=N[C@@H]2[C@@H](O)[C@H](O)C([C@@H](OCc3ccc(CCCF)cc3)C(F)(F)F)O[C@@H]2S1. The molecule has 2 aliphatic heterocycles. The number of amidine groups is 1. The fourth-order valence-electron chi connectivity index (χ4n) is 3.39. The zero-order valence-electron chi connectivity index (χ0n) is 16.2. The Morgan fingerprint density at radius 2 is 1.87 bits per heavy atom. The summed E-state index contributed by atoms with van der Waals surface area (Å²) in [7, 11) is 1.59. The second-order valence-corrected chi connectivity index (χ2v) is 8.21. The van der Waals surface area contributed by atoms with Crippen LogP contribution in [0.2, 0.25) is 0 Å². The van der Waals surface area contributed by atoms with Gasteiger partial charge in [0.25, 0.3) is 0 Å². The van der Waals surface area contributed by atoms with Gasteiger partial charge < -0.3 is 25.0 Å².